The van der Waals surface area contributed by atoms with E-state index in [2.05, 4.69) is 4.98 Å². The molecule has 5 heteroatoms. The Bertz CT molecular complexity index is 280. The molecule has 0 bridgehead atoms. The fourth-order valence-corrected chi connectivity index (χ4v) is 1.59. The number of rotatable bonds is 2. The van der Waals surface area contributed by atoms with Crippen LogP contribution in [0, 0.1) is 3.57 Å². The lowest BCUT2D eigenvalue weighted by Gasteiger charge is -2.03. The SMILES string of the molecule is FC(F)c1cnc(CCl)cc1I. The first-order valence-corrected chi connectivity index (χ1v) is 4.75. The van der Waals surface area contributed by atoms with E-state index in [1.165, 1.54) is 6.20 Å². The average molecular weight is 303 g/mol. The summed E-state index contributed by atoms with van der Waals surface area (Å²) in [6.45, 7) is 0. The summed E-state index contributed by atoms with van der Waals surface area (Å²) in [6, 6.07) is 1.56. The van der Waals surface area contributed by atoms with Crippen LogP contribution in [0.4, 0.5) is 8.78 Å². The van der Waals surface area contributed by atoms with Crippen LogP contribution in [0.1, 0.15) is 17.7 Å². The molecule has 0 unspecified atom stereocenters. The lowest BCUT2D eigenvalue weighted by Crippen LogP contribution is -1.94. The van der Waals surface area contributed by atoms with Gasteiger partial charge in [0.25, 0.3) is 6.43 Å². The van der Waals surface area contributed by atoms with Crippen molar-refractivity contribution in [1.82, 2.24) is 4.98 Å². The van der Waals surface area contributed by atoms with Gasteiger partial charge in [0.15, 0.2) is 0 Å². The van der Waals surface area contributed by atoms with Gasteiger partial charge in [0.2, 0.25) is 0 Å². The zero-order valence-electron chi connectivity index (χ0n) is 5.90. The van der Waals surface area contributed by atoms with Crippen molar-refractivity contribution in [1.29, 1.82) is 0 Å². The van der Waals surface area contributed by atoms with Gasteiger partial charge in [-0.2, -0.15) is 0 Å². The fourth-order valence-electron chi connectivity index (χ4n) is 0.715. The fraction of sp³-hybridized carbons (Fsp3) is 0.286. The summed E-state index contributed by atoms with van der Waals surface area (Å²) in [5.41, 5.74) is 0.579. The summed E-state index contributed by atoms with van der Waals surface area (Å²) in [4.78, 5) is 3.76. The smallest absolute Gasteiger partial charge is 0.259 e. The molecular formula is C7H5ClF2IN. The lowest BCUT2D eigenvalue weighted by atomic mass is 10.3. The van der Waals surface area contributed by atoms with Gasteiger partial charge >= 0.3 is 0 Å². The number of hydrogen-bond donors (Lipinski definition) is 0. The van der Waals surface area contributed by atoms with Gasteiger partial charge in [-0.1, -0.05) is 0 Å². The molecule has 1 heterocycles. The molecule has 66 valence electrons. The van der Waals surface area contributed by atoms with E-state index in [9.17, 15) is 8.78 Å². The van der Waals surface area contributed by atoms with Gasteiger partial charge in [0.1, 0.15) is 0 Å². The molecule has 0 fully saturated rings. The van der Waals surface area contributed by atoms with E-state index in [1.54, 1.807) is 6.07 Å². The van der Waals surface area contributed by atoms with Crippen LogP contribution < -0.4 is 0 Å². The van der Waals surface area contributed by atoms with Crippen molar-refractivity contribution in [2.75, 3.05) is 0 Å². The molecule has 0 aliphatic heterocycles. The van der Waals surface area contributed by atoms with Crippen molar-refractivity contribution >= 4 is 34.2 Å². The standard InChI is InChI=1S/C7H5ClF2IN/c8-2-4-1-6(11)5(3-12-4)7(9)10/h1,3,7H,2H2. The quantitative estimate of drug-likeness (QED) is 0.603. The van der Waals surface area contributed by atoms with Crippen molar-refractivity contribution < 1.29 is 8.78 Å². The van der Waals surface area contributed by atoms with Crippen LogP contribution in [-0.2, 0) is 5.88 Å². The van der Waals surface area contributed by atoms with Crippen LogP contribution >= 0.6 is 34.2 Å². The lowest BCUT2D eigenvalue weighted by molar-refractivity contribution is 0.150. The first kappa shape index (κ1) is 10.1. The van der Waals surface area contributed by atoms with Gasteiger partial charge in [-0.25, -0.2) is 8.78 Å². The van der Waals surface area contributed by atoms with Gasteiger partial charge in [0.05, 0.1) is 11.6 Å². The zero-order valence-corrected chi connectivity index (χ0v) is 8.81. The monoisotopic (exact) mass is 303 g/mol. The van der Waals surface area contributed by atoms with Crippen molar-refractivity contribution in [3.05, 3.63) is 27.1 Å². The summed E-state index contributed by atoms with van der Waals surface area (Å²) in [6.07, 6.45) is -1.29. The molecule has 1 aromatic heterocycles. The molecule has 0 saturated heterocycles. The minimum atomic E-state index is -2.46. The summed E-state index contributed by atoms with van der Waals surface area (Å²) < 4.78 is 24.9. The summed E-state index contributed by atoms with van der Waals surface area (Å²) in [5, 5.41) is 0. The molecule has 0 aliphatic carbocycles. The molecule has 1 nitrogen and oxygen atoms in total. The molecule has 0 aliphatic rings. The molecule has 0 amide bonds. The topological polar surface area (TPSA) is 12.9 Å². The van der Waals surface area contributed by atoms with Crippen molar-refractivity contribution in [3.8, 4) is 0 Å². The molecule has 0 atom stereocenters. The second-order valence-electron chi connectivity index (χ2n) is 2.13. The van der Waals surface area contributed by atoms with Gasteiger partial charge in [0, 0.05) is 15.3 Å². The Morgan fingerprint density at radius 3 is 2.67 bits per heavy atom. The van der Waals surface area contributed by atoms with E-state index < -0.39 is 6.43 Å². The minimum Gasteiger partial charge on any atom is -0.259 e. The third-order valence-corrected chi connectivity index (χ3v) is 2.52. The van der Waals surface area contributed by atoms with Crippen molar-refractivity contribution in [2.24, 2.45) is 0 Å². The van der Waals surface area contributed by atoms with Crippen LogP contribution in [0.5, 0.6) is 0 Å². The number of aromatic nitrogens is 1. The molecule has 0 N–H and O–H groups in total. The van der Waals surface area contributed by atoms with E-state index in [1.807, 2.05) is 22.6 Å². The summed E-state index contributed by atoms with van der Waals surface area (Å²) in [7, 11) is 0. The Hall–Kier alpha value is 0.0300. The Kier molecular flexibility index (Phi) is 3.64. The van der Waals surface area contributed by atoms with Crippen LogP contribution in [0.15, 0.2) is 12.3 Å². The number of halogens is 4. The van der Waals surface area contributed by atoms with Crippen molar-refractivity contribution in [3.63, 3.8) is 0 Å². The van der Waals surface area contributed by atoms with Gasteiger partial charge in [-0.15, -0.1) is 11.6 Å². The predicted molar refractivity (Wildman–Crippen MR) is 51.5 cm³/mol. The molecule has 0 aromatic carbocycles. The Balaban J connectivity index is 3.03. The summed E-state index contributed by atoms with van der Waals surface area (Å²) in [5.74, 6) is 0.250. The molecule has 1 rings (SSSR count). The first-order chi connectivity index (χ1) is 5.65. The Morgan fingerprint density at radius 1 is 1.58 bits per heavy atom. The Labute approximate surface area is 87.3 Å². The number of hydrogen-bond acceptors (Lipinski definition) is 1. The van der Waals surface area contributed by atoms with E-state index in [0.29, 0.717) is 9.26 Å². The molecule has 0 radical (unpaired) electrons. The zero-order chi connectivity index (χ0) is 9.14. The molecule has 1 aromatic rings. The summed E-state index contributed by atoms with van der Waals surface area (Å²) >= 11 is 7.32. The molecule has 12 heavy (non-hydrogen) atoms. The maximum Gasteiger partial charge on any atom is 0.266 e. The maximum absolute atomic E-state index is 12.2. The number of pyridine rings is 1. The first-order valence-electron chi connectivity index (χ1n) is 3.13. The second-order valence-corrected chi connectivity index (χ2v) is 3.56. The highest BCUT2D eigenvalue weighted by atomic mass is 127. The van der Waals surface area contributed by atoms with E-state index >= 15 is 0 Å². The Morgan fingerprint density at radius 2 is 2.25 bits per heavy atom. The van der Waals surface area contributed by atoms with Gasteiger partial charge in [-0.05, 0) is 28.7 Å². The van der Waals surface area contributed by atoms with Crippen LogP contribution in [-0.4, -0.2) is 4.98 Å². The van der Waals surface area contributed by atoms with Crippen LogP contribution in [0.2, 0.25) is 0 Å². The van der Waals surface area contributed by atoms with E-state index in [0.717, 1.165) is 0 Å². The average Bonchev–Trinajstić information content (AvgIpc) is 2.03. The normalized spacial score (nSPS) is 10.8. The van der Waals surface area contributed by atoms with Gasteiger partial charge in [-0.3, -0.25) is 4.98 Å². The van der Waals surface area contributed by atoms with E-state index in [-0.39, 0.29) is 11.4 Å². The molecule has 0 saturated carbocycles. The highest BCUT2D eigenvalue weighted by molar-refractivity contribution is 14.1. The maximum atomic E-state index is 12.2. The third-order valence-electron chi connectivity index (χ3n) is 1.31. The largest absolute Gasteiger partial charge is 0.266 e. The van der Waals surface area contributed by atoms with Crippen LogP contribution in [0.25, 0.3) is 0 Å². The van der Waals surface area contributed by atoms with E-state index in [4.69, 9.17) is 11.6 Å². The van der Waals surface area contributed by atoms with Crippen LogP contribution in [0.3, 0.4) is 0 Å². The molecule has 0 spiro atoms. The highest BCUT2D eigenvalue weighted by Gasteiger charge is 2.11. The second kappa shape index (κ2) is 4.32. The highest BCUT2D eigenvalue weighted by Crippen LogP contribution is 2.24. The third kappa shape index (κ3) is 2.26. The number of nitrogens with zero attached hydrogens (tertiary/aromatic N) is 1. The number of alkyl halides is 3. The van der Waals surface area contributed by atoms with Gasteiger partial charge < -0.3 is 0 Å². The predicted octanol–water partition coefficient (Wildman–Crippen LogP) is 3.36. The minimum absolute atomic E-state index is 0.0375. The van der Waals surface area contributed by atoms with Crippen molar-refractivity contribution in [2.45, 2.75) is 12.3 Å². The molecular weight excluding hydrogens is 298 g/mol.